The van der Waals surface area contributed by atoms with Crippen LogP contribution in [0.2, 0.25) is 10.0 Å². The molecule has 1 fully saturated rings. The molecule has 0 spiro atoms. The Morgan fingerprint density at radius 3 is 2.54 bits per heavy atom. The molecule has 0 unspecified atom stereocenters. The largest absolute Gasteiger partial charge is 0.491 e. The van der Waals surface area contributed by atoms with E-state index in [4.69, 9.17) is 37.4 Å². The average Bonchev–Trinajstić information content (AvgIpc) is 3.15. The summed E-state index contributed by atoms with van der Waals surface area (Å²) in [6.45, 7) is 6.23. The van der Waals surface area contributed by atoms with E-state index in [9.17, 15) is 14.4 Å². The van der Waals surface area contributed by atoms with Crippen molar-refractivity contribution in [2.75, 3.05) is 19.8 Å². The van der Waals surface area contributed by atoms with Crippen LogP contribution in [0.4, 0.5) is 4.79 Å². The number of aryl methyl sites for hydroxylation is 2. The van der Waals surface area contributed by atoms with E-state index in [-0.39, 0.29) is 52.0 Å². The molecule has 202 valence electrons. The predicted octanol–water partition coefficient (Wildman–Crippen LogP) is 7.34. The van der Waals surface area contributed by atoms with Gasteiger partial charge in [0, 0.05) is 5.02 Å². The van der Waals surface area contributed by atoms with Crippen LogP contribution in [0, 0.1) is 13.8 Å². The van der Waals surface area contributed by atoms with Crippen molar-refractivity contribution in [2.24, 2.45) is 0 Å². The quantitative estimate of drug-likeness (QED) is 0.147. The number of carbonyl (C=O) groups is 3. The summed E-state index contributed by atoms with van der Waals surface area (Å²) >= 11 is 13.3. The SMILES string of the molecule is CCOc1cc(/C=C2\SC(=O)N(CCOc3cc(C)ccc3C)C2=O)cc(Cl)c1OC(=O)c1cccc(Cl)c1. The highest BCUT2D eigenvalue weighted by atomic mass is 35.5. The van der Waals surface area contributed by atoms with Gasteiger partial charge in [-0.3, -0.25) is 14.5 Å². The Kier molecular flexibility index (Phi) is 9.22. The van der Waals surface area contributed by atoms with Crippen LogP contribution in [0.15, 0.2) is 59.5 Å². The Morgan fingerprint density at radius 1 is 1.00 bits per heavy atom. The zero-order valence-corrected chi connectivity index (χ0v) is 23.8. The number of halogens is 2. The lowest BCUT2D eigenvalue weighted by atomic mass is 10.1. The molecule has 3 aromatic rings. The maximum Gasteiger partial charge on any atom is 0.343 e. The molecular weight excluding hydrogens is 561 g/mol. The van der Waals surface area contributed by atoms with Gasteiger partial charge in [0.25, 0.3) is 11.1 Å². The van der Waals surface area contributed by atoms with E-state index in [1.807, 2.05) is 32.0 Å². The molecule has 1 aliphatic rings. The first-order chi connectivity index (χ1) is 18.7. The van der Waals surface area contributed by atoms with Crippen LogP contribution in [0.1, 0.15) is 34.0 Å². The van der Waals surface area contributed by atoms with E-state index in [2.05, 4.69) is 0 Å². The summed E-state index contributed by atoms with van der Waals surface area (Å²) in [5.74, 6) is -0.116. The zero-order valence-electron chi connectivity index (χ0n) is 21.5. The molecule has 39 heavy (non-hydrogen) atoms. The Morgan fingerprint density at radius 2 is 1.79 bits per heavy atom. The molecule has 1 aliphatic heterocycles. The molecule has 4 rings (SSSR count). The number of hydrogen-bond acceptors (Lipinski definition) is 7. The van der Waals surface area contributed by atoms with Crippen LogP contribution in [-0.4, -0.2) is 41.8 Å². The number of amides is 2. The van der Waals surface area contributed by atoms with Crippen molar-refractivity contribution in [1.29, 1.82) is 0 Å². The third kappa shape index (κ3) is 6.95. The molecule has 0 saturated carbocycles. The highest BCUT2D eigenvalue weighted by Gasteiger charge is 2.35. The Balaban J connectivity index is 1.49. The number of carbonyl (C=O) groups excluding carboxylic acids is 3. The van der Waals surface area contributed by atoms with E-state index in [0.29, 0.717) is 16.3 Å². The fourth-order valence-corrected chi connectivity index (χ4v) is 5.07. The number of ether oxygens (including phenoxy) is 3. The van der Waals surface area contributed by atoms with Gasteiger partial charge >= 0.3 is 5.97 Å². The van der Waals surface area contributed by atoms with Gasteiger partial charge < -0.3 is 14.2 Å². The minimum atomic E-state index is -0.655. The molecule has 3 aromatic carbocycles. The van der Waals surface area contributed by atoms with Gasteiger partial charge in [0.1, 0.15) is 12.4 Å². The van der Waals surface area contributed by atoms with Crippen LogP contribution < -0.4 is 14.2 Å². The number of benzene rings is 3. The summed E-state index contributed by atoms with van der Waals surface area (Å²) in [5, 5.41) is 0.101. The number of thioether (sulfide) groups is 1. The number of imide groups is 1. The van der Waals surface area contributed by atoms with Gasteiger partial charge in [0.15, 0.2) is 11.5 Å². The predicted molar refractivity (Wildman–Crippen MR) is 153 cm³/mol. The first kappa shape index (κ1) is 28.5. The lowest BCUT2D eigenvalue weighted by Gasteiger charge is -2.15. The summed E-state index contributed by atoms with van der Waals surface area (Å²) in [4.78, 5) is 39.6. The van der Waals surface area contributed by atoms with Crippen molar-refractivity contribution in [3.8, 4) is 17.2 Å². The molecule has 0 bridgehead atoms. The van der Waals surface area contributed by atoms with Crippen molar-refractivity contribution in [1.82, 2.24) is 4.90 Å². The number of rotatable bonds is 9. The summed E-state index contributed by atoms with van der Waals surface area (Å²) in [6.07, 6.45) is 1.55. The van der Waals surface area contributed by atoms with Gasteiger partial charge in [-0.25, -0.2) is 4.79 Å². The lowest BCUT2D eigenvalue weighted by molar-refractivity contribution is -0.123. The normalized spacial score (nSPS) is 14.2. The summed E-state index contributed by atoms with van der Waals surface area (Å²) in [7, 11) is 0. The third-order valence-electron chi connectivity index (χ3n) is 5.67. The number of nitrogens with zero attached hydrogens (tertiary/aromatic N) is 1. The molecule has 0 radical (unpaired) electrons. The molecule has 1 heterocycles. The second-order valence-corrected chi connectivity index (χ2v) is 10.5. The molecule has 0 aliphatic carbocycles. The fraction of sp³-hybridized carbons (Fsp3) is 0.207. The molecule has 0 N–H and O–H groups in total. The standard InChI is InChI=1S/C29H25Cl2NO6S/c1-4-36-24-14-19(13-22(31)26(24)38-28(34)20-6-5-7-21(30)16-20)15-25-27(33)32(29(35)39-25)10-11-37-23-12-17(2)8-9-18(23)3/h5-9,12-16H,4,10-11H2,1-3H3/b25-15-. The topological polar surface area (TPSA) is 82.1 Å². The van der Waals surface area contributed by atoms with E-state index >= 15 is 0 Å². The van der Waals surface area contributed by atoms with Crippen molar-refractivity contribution in [2.45, 2.75) is 20.8 Å². The van der Waals surface area contributed by atoms with Gasteiger partial charge in [-0.05, 0) is 91.7 Å². The minimum absolute atomic E-state index is 0.0392. The molecule has 0 atom stereocenters. The van der Waals surface area contributed by atoms with E-state index in [1.54, 1.807) is 37.3 Å². The second kappa shape index (κ2) is 12.6. The highest BCUT2D eigenvalue weighted by molar-refractivity contribution is 8.18. The number of hydrogen-bond donors (Lipinski definition) is 0. The van der Waals surface area contributed by atoms with Crippen LogP contribution in [0.3, 0.4) is 0 Å². The molecule has 7 nitrogen and oxygen atoms in total. The van der Waals surface area contributed by atoms with Crippen LogP contribution in [0.5, 0.6) is 17.2 Å². The summed E-state index contributed by atoms with van der Waals surface area (Å²) in [5.41, 5.74) is 2.78. The average molecular weight is 586 g/mol. The lowest BCUT2D eigenvalue weighted by Crippen LogP contribution is -2.32. The zero-order chi connectivity index (χ0) is 28.1. The maximum atomic E-state index is 13.0. The summed E-state index contributed by atoms with van der Waals surface area (Å²) < 4.78 is 17.0. The maximum absolute atomic E-state index is 13.0. The van der Waals surface area contributed by atoms with E-state index in [0.717, 1.165) is 27.8 Å². The van der Waals surface area contributed by atoms with Crippen molar-refractivity contribution in [3.63, 3.8) is 0 Å². The molecule has 0 aromatic heterocycles. The smallest absolute Gasteiger partial charge is 0.343 e. The first-order valence-electron chi connectivity index (χ1n) is 12.1. The van der Waals surface area contributed by atoms with Gasteiger partial charge in [-0.15, -0.1) is 0 Å². The third-order valence-corrected chi connectivity index (χ3v) is 7.10. The van der Waals surface area contributed by atoms with Crippen LogP contribution >= 0.6 is 35.0 Å². The Hall–Kier alpha value is -3.46. The summed E-state index contributed by atoms with van der Waals surface area (Å²) in [6, 6.07) is 15.3. The highest BCUT2D eigenvalue weighted by Crippen LogP contribution is 2.39. The Labute approximate surface area is 240 Å². The van der Waals surface area contributed by atoms with Crippen molar-refractivity contribution < 1.29 is 28.6 Å². The minimum Gasteiger partial charge on any atom is -0.491 e. The van der Waals surface area contributed by atoms with E-state index in [1.165, 1.54) is 12.1 Å². The molecule has 10 heteroatoms. The molecular formula is C29H25Cl2NO6S. The van der Waals surface area contributed by atoms with Gasteiger partial charge in [-0.2, -0.15) is 0 Å². The molecule has 2 amide bonds. The first-order valence-corrected chi connectivity index (χ1v) is 13.6. The van der Waals surface area contributed by atoms with Crippen LogP contribution in [-0.2, 0) is 4.79 Å². The van der Waals surface area contributed by atoms with Crippen molar-refractivity contribution >= 4 is 58.2 Å². The number of esters is 1. The second-order valence-electron chi connectivity index (χ2n) is 8.61. The Bertz CT molecular complexity index is 1470. The van der Waals surface area contributed by atoms with E-state index < -0.39 is 11.9 Å². The van der Waals surface area contributed by atoms with Gasteiger partial charge in [-0.1, -0.05) is 41.4 Å². The molecule has 1 saturated heterocycles. The fourth-order valence-electron chi connectivity index (χ4n) is 3.75. The van der Waals surface area contributed by atoms with Crippen molar-refractivity contribution in [3.05, 3.63) is 91.8 Å². The van der Waals surface area contributed by atoms with Crippen LogP contribution in [0.25, 0.3) is 6.08 Å². The van der Waals surface area contributed by atoms with Gasteiger partial charge in [0.05, 0.1) is 28.6 Å². The monoisotopic (exact) mass is 585 g/mol. The van der Waals surface area contributed by atoms with Gasteiger partial charge in [0.2, 0.25) is 0 Å².